The molecule has 1 atom stereocenters. The van der Waals surface area contributed by atoms with E-state index in [-0.39, 0.29) is 11.7 Å². The Bertz CT molecular complexity index is 924. The minimum absolute atomic E-state index is 0.116. The van der Waals surface area contributed by atoms with Crippen molar-refractivity contribution in [3.8, 4) is 0 Å². The molecule has 7 heteroatoms. The lowest BCUT2D eigenvalue weighted by Crippen LogP contribution is -2.31. The van der Waals surface area contributed by atoms with E-state index in [0.29, 0.717) is 19.0 Å². The van der Waals surface area contributed by atoms with E-state index in [1.807, 2.05) is 13.8 Å². The first-order valence-electron chi connectivity index (χ1n) is 8.57. The summed E-state index contributed by atoms with van der Waals surface area (Å²) in [6.45, 7) is 7.54. The maximum atomic E-state index is 12.6. The highest BCUT2D eigenvalue weighted by Crippen LogP contribution is 2.38. The second kappa shape index (κ2) is 5.81. The van der Waals surface area contributed by atoms with E-state index >= 15 is 0 Å². The fourth-order valence-corrected chi connectivity index (χ4v) is 4.67. The SMILES string of the molecule is CCN(CC)C(=O)c1nc2c3c4c(sc3ncn2n1)CC[C@@H](C)C4. The summed E-state index contributed by atoms with van der Waals surface area (Å²) in [4.78, 5) is 25.9. The molecule has 0 radical (unpaired) electrons. The molecule has 0 saturated carbocycles. The molecule has 3 heterocycles. The molecule has 24 heavy (non-hydrogen) atoms. The Morgan fingerprint density at radius 3 is 2.96 bits per heavy atom. The van der Waals surface area contributed by atoms with Gasteiger partial charge in [-0.05, 0) is 44.6 Å². The van der Waals surface area contributed by atoms with E-state index in [1.54, 1.807) is 27.1 Å². The highest BCUT2D eigenvalue weighted by Gasteiger charge is 2.25. The summed E-state index contributed by atoms with van der Waals surface area (Å²) < 4.78 is 1.66. The molecule has 1 amide bonds. The zero-order valence-electron chi connectivity index (χ0n) is 14.2. The molecule has 0 saturated heterocycles. The minimum atomic E-state index is -0.116. The van der Waals surface area contributed by atoms with Gasteiger partial charge >= 0.3 is 0 Å². The van der Waals surface area contributed by atoms with Crippen LogP contribution >= 0.6 is 11.3 Å². The van der Waals surface area contributed by atoms with Crippen LogP contribution in [0.15, 0.2) is 6.33 Å². The molecule has 0 fully saturated rings. The normalized spacial score (nSPS) is 17.4. The largest absolute Gasteiger partial charge is 0.336 e. The van der Waals surface area contributed by atoms with Gasteiger partial charge in [-0.3, -0.25) is 4.79 Å². The van der Waals surface area contributed by atoms with Gasteiger partial charge in [0, 0.05) is 18.0 Å². The molecule has 0 spiro atoms. The van der Waals surface area contributed by atoms with Crippen LogP contribution < -0.4 is 0 Å². The number of rotatable bonds is 3. The Morgan fingerprint density at radius 2 is 2.21 bits per heavy atom. The number of hydrogen-bond acceptors (Lipinski definition) is 5. The predicted molar refractivity (Wildman–Crippen MR) is 94.6 cm³/mol. The van der Waals surface area contributed by atoms with Gasteiger partial charge in [0.2, 0.25) is 5.82 Å². The van der Waals surface area contributed by atoms with E-state index in [2.05, 4.69) is 22.0 Å². The first-order chi connectivity index (χ1) is 11.6. The first-order valence-corrected chi connectivity index (χ1v) is 9.38. The predicted octanol–water partition coefficient (Wildman–Crippen LogP) is 2.95. The molecular formula is C17H21N5OS. The van der Waals surface area contributed by atoms with Crippen LogP contribution in [0.1, 0.15) is 48.3 Å². The van der Waals surface area contributed by atoms with Crippen LogP contribution in [0.5, 0.6) is 0 Å². The summed E-state index contributed by atoms with van der Waals surface area (Å²) in [5.74, 6) is 0.821. The van der Waals surface area contributed by atoms with Gasteiger partial charge in [0.1, 0.15) is 11.2 Å². The maximum absolute atomic E-state index is 12.6. The summed E-state index contributed by atoms with van der Waals surface area (Å²) in [5, 5.41) is 5.48. The Balaban J connectivity index is 1.89. The Morgan fingerprint density at radius 1 is 1.42 bits per heavy atom. The number of nitrogens with zero attached hydrogens (tertiary/aromatic N) is 5. The maximum Gasteiger partial charge on any atom is 0.293 e. The molecule has 0 aliphatic heterocycles. The van der Waals surface area contributed by atoms with Crippen LogP contribution in [-0.2, 0) is 12.8 Å². The fraction of sp³-hybridized carbons (Fsp3) is 0.529. The second-order valence-corrected chi connectivity index (χ2v) is 7.54. The molecule has 0 bridgehead atoms. The van der Waals surface area contributed by atoms with Crippen molar-refractivity contribution in [3.05, 3.63) is 22.6 Å². The van der Waals surface area contributed by atoms with Gasteiger partial charge in [0.15, 0.2) is 5.65 Å². The third-order valence-electron chi connectivity index (χ3n) is 4.87. The molecule has 3 aromatic rings. The van der Waals surface area contributed by atoms with Crippen molar-refractivity contribution in [1.82, 2.24) is 24.5 Å². The van der Waals surface area contributed by atoms with E-state index in [1.165, 1.54) is 16.9 Å². The van der Waals surface area contributed by atoms with Gasteiger partial charge in [0.05, 0.1) is 5.39 Å². The Labute approximate surface area is 144 Å². The van der Waals surface area contributed by atoms with E-state index in [4.69, 9.17) is 0 Å². The Kier molecular flexibility index (Phi) is 3.75. The third-order valence-corrected chi connectivity index (χ3v) is 6.07. The standard InChI is InChI=1S/C17H21N5OS/c1-4-21(5-2)17(23)14-19-15-13-11-8-10(3)6-7-12(11)24-16(13)18-9-22(15)20-14/h9-10H,4-8H2,1-3H3/t10-/m1/s1. The lowest BCUT2D eigenvalue weighted by Gasteiger charge is -2.17. The average Bonchev–Trinajstić information content (AvgIpc) is 3.16. The van der Waals surface area contributed by atoms with Gasteiger partial charge in [-0.2, -0.15) is 0 Å². The van der Waals surface area contributed by atoms with E-state index in [0.717, 1.165) is 28.7 Å². The van der Waals surface area contributed by atoms with Gasteiger partial charge in [-0.25, -0.2) is 14.5 Å². The smallest absolute Gasteiger partial charge is 0.293 e. The van der Waals surface area contributed by atoms with Gasteiger partial charge in [-0.15, -0.1) is 16.4 Å². The highest BCUT2D eigenvalue weighted by atomic mass is 32.1. The summed E-state index contributed by atoms with van der Waals surface area (Å²) in [6.07, 6.45) is 5.08. The first kappa shape index (κ1) is 15.5. The number of aryl methyl sites for hydroxylation is 1. The van der Waals surface area contributed by atoms with Gasteiger partial charge < -0.3 is 4.90 Å². The topological polar surface area (TPSA) is 63.4 Å². The zero-order chi connectivity index (χ0) is 16.8. The van der Waals surface area contributed by atoms with Gasteiger partial charge in [0.25, 0.3) is 5.91 Å². The van der Waals surface area contributed by atoms with Crippen molar-refractivity contribution in [1.29, 1.82) is 0 Å². The summed E-state index contributed by atoms with van der Waals surface area (Å²) in [5.41, 5.74) is 2.13. The molecule has 1 aliphatic carbocycles. The number of hydrogen-bond donors (Lipinski definition) is 0. The van der Waals surface area contributed by atoms with Crippen molar-refractivity contribution in [2.45, 2.75) is 40.0 Å². The molecule has 0 aromatic carbocycles. The van der Waals surface area contributed by atoms with Crippen molar-refractivity contribution >= 4 is 33.1 Å². The number of fused-ring (bicyclic) bond motifs is 5. The minimum Gasteiger partial charge on any atom is -0.336 e. The molecule has 6 nitrogen and oxygen atoms in total. The van der Waals surface area contributed by atoms with Crippen LogP contribution in [0.2, 0.25) is 0 Å². The number of amides is 1. The van der Waals surface area contributed by atoms with Crippen LogP contribution in [0.25, 0.3) is 15.9 Å². The number of carbonyl (C=O) groups excluding carboxylic acids is 1. The van der Waals surface area contributed by atoms with Crippen LogP contribution in [-0.4, -0.2) is 43.5 Å². The summed E-state index contributed by atoms with van der Waals surface area (Å²) in [7, 11) is 0. The fourth-order valence-electron chi connectivity index (χ4n) is 3.49. The number of aromatic nitrogens is 4. The molecule has 0 N–H and O–H groups in total. The van der Waals surface area contributed by atoms with Crippen LogP contribution in [0.3, 0.4) is 0 Å². The lowest BCUT2D eigenvalue weighted by molar-refractivity contribution is 0.0761. The molecule has 0 unspecified atom stereocenters. The molecule has 1 aliphatic rings. The van der Waals surface area contributed by atoms with E-state index < -0.39 is 0 Å². The summed E-state index contributed by atoms with van der Waals surface area (Å²) in [6, 6.07) is 0. The second-order valence-electron chi connectivity index (χ2n) is 6.46. The highest BCUT2D eigenvalue weighted by molar-refractivity contribution is 7.19. The third kappa shape index (κ3) is 2.30. The van der Waals surface area contributed by atoms with Crippen molar-refractivity contribution < 1.29 is 4.79 Å². The lowest BCUT2D eigenvalue weighted by atomic mass is 9.89. The average molecular weight is 343 g/mol. The molecule has 126 valence electrons. The van der Waals surface area contributed by atoms with E-state index in [9.17, 15) is 4.79 Å². The van der Waals surface area contributed by atoms with Crippen molar-refractivity contribution in [3.63, 3.8) is 0 Å². The van der Waals surface area contributed by atoms with Crippen LogP contribution in [0.4, 0.5) is 0 Å². The van der Waals surface area contributed by atoms with Crippen molar-refractivity contribution in [2.24, 2.45) is 5.92 Å². The number of carbonyl (C=O) groups is 1. The van der Waals surface area contributed by atoms with Crippen molar-refractivity contribution in [2.75, 3.05) is 13.1 Å². The Hall–Kier alpha value is -2.02. The number of thiophene rings is 1. The van der Waals surface area contributed by atoms with Crippen LogP contribution in [0, 0.1) is 5.92 Å². The monoisotopic (exact) mass is 343 g/mol. The zero-order valence-corrected chi connectivity index (χ0v) is 15.1. The molecule has 3 aromatic heterocycles. The molecule has 4 rings (SSSR count). The quantitative estimate of drug-likeness (QED) is 0.733. The van der Waals surface area contributed by atoms with Gasteiger partial charge in [-0.1, -0.05) is 6.92 Å². The molecular weight excluding hydrogens is 322 g/mol. The summed E-state index contributed by atoms with van der Waals surface area (Å²) >= 11 is 1.76.